The number of esters is 1. The molecule has 1 saturated carbocycles. The molecule has 0 bridgehead atoms. The lowest BCUT2D eigenvalue weighted by atomic mass is 9.74. The van der Waals surface area contributed by atoms with E-state index in [9.17, 15) is 4.79 Å². The van der Waals surface area contributed by atoms with Gasteiger partial charge in [-0.1, -0.05) is 0 Å². The van der Waals surface area contributed by atoms with Crippen LogP contribution in [0.4, 0.5) is 5.69 Å². The highest BCUT2D eigenvalue weighted by Crippen LogP contribution is 2.43. The molecule has 1 aromatic heterocycles. The molecule has 2 heterocycles. The van der Waals surface area contributed by atoms with Crippen LogP contribution >= 0.6 is 11.3 Å². The lowest BCUT2D eigenvalue weighted by Crippen LogP contribution is -2.48. The van der Waals surface area contributed by atoms with Crippen molar-refractivity contribution >= 4 is 23.0 Å². The van der Waals surface area contributed by atoms with Crippen molar-refractivity contribution < 1.29 is 14.3 Å². The Bertz CT molecular complexity index is 473. The number of hydrogen-bond acceptors (Lipinski definition) is 5. The molecule has 19 heavy (non-hydrogen) atoms. The van der Waals surface area contributed by atoms with E-state index in [0.717, 1.165) is 30.6 Å². The summed E-state index contributed by atoms with van der Waals surface area (Å²) in [5.74, 6) is -0.244. The van der Waals surface area contributed by atoms with Crippen LogP contribution in [0, 0.1) is 6.92 Å². The molecule has 0 radical (unpaired) electrons. The van der Waals surface area contributed by atoms with Crippen molar-refractivity contribution in [3.8, 4) is 0 Å². The second-order valence-electron chi connectivity index (χ2n) is 5.53. The molecule has 1 unspecified atom stereocenters. The molecule has 2 aliphatic rings. The third-order valence-electron chi connectivity index (χ3n) is 4.14. The summed E-state index contributed by atoms with van der Waals surface area (Å²) in [7, 11) is 0. The maximum absolute atomic E-state index is 12.1. The Kier molecular flexibility index (Phi) is 3.27. The van der Waals surface area contributed by atoms with Crippen LogP contribution < -0.4 is 5.73 Å². The van der Waals surface area contributed by atoms with Gasteiger partial charge in [0.1, 0.15) is 11.0 Å². The van der Waals surface area contributed by atoms with Crippen LogP contribution in [0.25, 0.3) is 0 Å². The first-order valence-corrected chi connectivity index (χ1v) is 7.60. The SMILES string of the molecule is Cc1sc(C(=O)OC2CCOC3(CCC3)C2)cc1N. The van der Waals surface area contributed by atoms with Crippen LogP contribution in [0.3, 0.4) is 0 Å². The van der Waals surface area contributed by atoms with Crippen LogP contribution in [0.5, 0.6) is 0 Å². The van der Waals surface area contributed by atoms with Crippen molar-refractivity contribution in [1.82, 2.24) is 0 Å². The predicted molar refractivity (Wildman–Crippen MR) is 74.4 cm³/mol. The lowest BCUT2D eigenvalue weighted by Gasteiger charge is -2.46. The summed E-state index contributed by atoms with van der Waals surface area (Å²) >= 11 is 1.40. The third kappa shape index (κ3) is 2.49. The number of ether oxygens (including phenoxy) is 2. The number of hydrogen-bond donors (Lipinski definition) is 1. The summed E-state index contributed by atoms with van der Waals surface area (Å²) < 4.78 is 11.4. The van der Waals surface area contributed by atoms with Crippen molar-refractivity contribution in [3.63, 3.8) is 0 Å². The van der Waals surface area contributed by atoms with Crippen molar-refractivity contribution in [2.45, 2.75) is 50.7 Å². The maximum atomic E-state index is 12.1. The van der Waals surface area contributed by atoms with E-state index in [1.54, 1.807) is 6.07 Å². The molecule has 5 heteroatoms. The minimum absolute atomic E-state index is 0.00753. The standard InChI is InChI=1S/C14H19NO3S/c1-9-11(15)7-12(19-9)13(16)18-10-3-6-17-14(8-10)4-2-5-14/h7,10H,2-6,8,15H2,1H3. The monoisotopic (exact) mass is 281 g/mol. The van der Waals surface area contributed by atoms with Gasteiger partial charge in [-0.3, -0.25) is 0 Å². The third-order valence-corrected chi connectivity index (χ3v) is 5.19. The average molecular weight is 281 g/mol. The first-order valence-electron chi connectivity index (χ1n) is 6.79. The largest absolute Gasteiger partial charge is 0.458 e. The summed E-state index contributed by atoms with van der Waals surface area (Å²) in [4.78, 5) is 13.7. The number of carbonyl (C=O) groups is 1. The van der Waals surface area contributed by atoms with E-state index in [0.29, 0.717) is 17.2 Å². The Morgan fingerprint density at radius 2 is 2.37 bits per heavy atom. The maximum Gasteiger partial charge on any atom is 0.348 e. The average Bonchev–Trinajstić information content (AvgIpc) is 2.68. The van der Waals surface area contributed by atoms with Gasteiger partial charge < -0.3 is 15.2 Å². The summed E-state index contributed by atoms with van der Waals surface area (Å²) in [5, 5.41) is 0. The molecule has 1 saturated heterocycles. The number of nitrogen functional groups attached to an aromatic ring is 1. The highest BCUT2D eigenvalue weighted by Gasteiger charge is 2.43. The molecular formula is C14H19NO3S. The topological polar surface area (TPSA) is 61.5 Å². The number of thiophene rings is 1. The molecule has 2 N–H and O–H groups in total. The molecule has 1 aromatic rings. The molecule has 0 amide bonds. The minimum atomic E-state index is -0.244. The van der Waals surface area contributed by atoms with E-state index in [1.807, 2.05) is 6.92 Å². The van der Waals surface area contributed by atoms with Crippen molar-refractivity contribution in [2.24, 2.45) is 0 Å². The van der Waals surface area contributed by atoms with Gasteiger partial charge in [-0.15, -0.1) is 11.3 Å². The van der Waals surface area contributed by atoms with Crippen molar-refractivity contribution in [1.29, 1.82) is 0 Å². The highest BCUT2D eigenvalue weighted by atomic mass is 32.1. The zero-order valence-electron chi connectivity index (χ0n) is 11.1. The number of aryl methyl sites for hydroxylation is 1. The molecule has 1 aliphatic heterocycles. The first-order chi connectivity index (χ1) is 9.08. The quantitative estimate of drug-likeness (QED) is 0.847. The summed E-state index contributed by atoms with van der Waals surface area (Å²) in [6.45, 7) is 2.61. The first kappa shape index (κ1) is 12.9. The fraction of sp³-hybridized carbons (Fsp3) is 0.643. The summed E-state index contributed by atoms with van der Waals surface area (Å²) in [6.07, 6.45) is 5.07. The van der Waals surface area contributed by atoms with Gasteiger partial charge in [0.2, 0.25) is 0 Å². The van der Waals surface area contributed by atoms with Gasteiger partial charge in [0.15, 0.2) is 0 Å². The smallest absolute Gasteiger partial charge is 0.348 e. The molecule has 4 nitrogen and oxygen atoms in total. The van der Waals surface area contributed by atoms with E-state index < -0.39 is 0 Å². The number of carbonyl (C=O) groups excluding carboxylic acids is 1. The molecule has 1 atom stereocenters. The van der Waals surface area contributed by atoms with Crippen LogP contribution in [0.2, 0.25) is 0 Å². The van der Waals surface area contributed by atoms with Crippen LogP contribution in [0.1, 0.15) is 46.7 Å². The van der Waals surface area contributed by atoms with E-state index in [2.05, 4.69) is 0 Å². The Labute approximate surface area is 116 Å². The van der Waals surface area contributed by atoms with Crippen LogP contribution in [-0.2, 0) is 9.47 Å². The fourth-order valence-electron chi connectivity index (χ4n) is 2.81. The Hall–Kier alpha value is -1.07. The molecule has 2 fully saturated rings. The number of anilines is 1. The Morgan fingerprint density at radius 3 is 2.95 bits per heavy atom. The molecule has 3 rings (SSSR count). The van der Waals surface area contributed by atoms with Crippen molar-refractivity contribution in [2.75, 3.05) is 12.3 Å². The summed E-state index contributed by atoms with van der Waals surface area (Å²) in [5.41, 5.74) is 6.44. The van der Waals surface area contributed by atoms with E-state index in [4.69, 9.17) is 15.2 Å². The zero-order chi connectivity index (χ0) is 13.5. The van der Waals surface area contributed by atoms with Crippen molar-refractivity contribution in [3.05, 3.63) is 15.8 Å². The molecule has 1 spiro atoms. The van der Waals surface area contributed by atoms with Crippen LogP contribution in [0.15, 0.2) is 6.07 Å². The minimum Gasteiger partial charge on any atom is -0.458 e. The summed E-state index contributed by atoms with van der Waals surface area (Å²) in [6, 6.07) is 1.71. The van der Waals surface area contributed by atoms with Gasteiger partial charge in [0.05, 0.1) is 12.2 Å². The van der Waals surface area contributed by atoms with Gasteiger partial charge in [-0.05, 0) is 32.3 Å². The van der Waals surface area contributed by atoms with E-state index in [-0.39, 0.29) is 17.7 Å². The highest BCUT2D eigenvalue weighted by molar-refractivity contribution is 7.14. The van der Waals surface area contributed by atoms with E-state index >= 15 is 0 Å². The van der Waals surface area contributed by atoms with Gasteiger partial charge in [0, 0.05) is 23.4 Å². The fourth-order valence-corrected chi connectivity index (χ4v) is 3.63. The number of rotatable bonds is 2. The molecular weight excluding hydrogens is 262 g/mol. The molecule has 1 aliphatic carbocycles. The van der Waals surface area contributed by atoms with Gasteiger partial charge in [0.25, 0.3) is 0 Å². The van der Waals surface area contributed by atoms with Gasteiger partial charge >= 0.3 is 5.97 Å². The van der Waals surface area contributed by atoms with E-state index in [1.165, 1.54) is 17.8 Å². The second-order valence-corrected chi connectivity index (χ2v) is 6.78. The normalized spacial score (nSPS) is 25.0. The number of nitrogens with two attached hydrogens (primary N) is 1. The second kappa shape index (κ2) is 4.80. The lowest BCUT2D eigenvalue weighted by molar-refractivity contribution is -0.159. The van der Waals surface area contributed by atoms with Gasteiger partial charge in [-0.2, -0.15) is 0 Å². The zero-order valence-corrected chi connectivity index (χ0v) is 11.9. The predicted octanol–water partition coefficient (Wildman–Crippen LogP) is 2.90. The molecule has 0 aromatic carbocycles. The molecule has 104 valence electrons. The Morgan fingerprint density at radius 1 is 1.58 bits per heavy atom. The Balaban J connectivity index is 1.63. The van der Waals surface area contributed by atoms with Gasteiger partial charge in [-0.25, -0.2) is 4.79 Å². The van der Waals surface area contributed by atoms with Crippen LogP contribution in [-0.4, -0.2) is 24.3 Å².